The third-order valence-corrected chi connectivity index (χ3v) is 4.82. The van der Waals surface area contributed by atoms with E-state index in [9.17, 15) is 4.79 Å². The van der Waals surface area contributed by atoms with Crippen molar-refractivity contribution in [1.82, 2.24) is 15.3 Å². The maximum atomic E-state index is 12.6. The summed E-state index contributed by atoms with van der Waals surface area (Å²) in [6.07, 6.45) is 0. The Kier molecular flexibility index (Phi) is 5.82. The van der Waals surface area contributed by atoms with E-state index >= 15 is 0 Å². The maximum Gasteiger partial charge on any atom is 0.251 e. The molecule has 0 saturated heterocycles. The molecule has 0 unspecified atom stereocenters. The highest BCUT2D eigenvalue weighted by atomic mass is 16.5. The first kappa shape index (κ1) is 19.7. The summed E-state index contributed by atoms with van der Waals surface area (Å²) in [6, 6.07) is 25.3. The second kappa shape index (κ2) is 8.84. The van der Waals surface area contributed by atoms with Crippen molar-refractivity contribution >= 4 is 16.9 Å². The summed E-state index contributed by atoms with van der Waals surface area (Å²) in [6.45, 7) is 2.36. The second-order valence-corrected chi connectivity index (χ2v) is 7.19. The van der Waals surface area contributed by atoms with Gasteiger partial charge in [-0.1, -0.05) is 60.7 Å². The van der Waals surface area contributed by atoms with Crippen LogP contribution in [-0.2, 0) is 4.74 Å². The molecule has 0 spiro atoms. The van der Waals surface area contributed by atoms with Crippen LogP contribution >= 0.6 is 0 Å². The molecule has 1 heterocycles. The van der Waals surface area contributed by atoms with Crippen LogP contribution in [-0.4, -0.2) is 35.6 Å². The topological polar surface area (TPSA) is 64.1 Å². The number of amides is 1. The van der Waals surface area contributed by atoms with Crippen molar-refractivity contribution in [2.75, 3.05) is 13.7 Å². The van der Waals surface area contributed by atoms with E-state index in [1.165, 1.54) is 0 Å². The van der Waals surface area contributed by atoms with Gasteiger partial charge in [0, 0.05) is 29.8 Å². The molecule has 150 valence electrons. The molecule has 0 radical (unpaired) electrons. The van der Waals surface area contributed by atoms with E-state index in [1.807, 2.05) is 73.7 Å². The fourth-order valence-corrected chi connectivity index (χ4v) is 3.39. The average Bonchev–Trinajstić information content (AvgIpc) is 2.79. The minimum absolute atomic E-state index is 0.0791. The van der Waals surface area contributed by atoms with Gasteiger partial charge in [-0.2, -0.15) is 0 Å². The summed E-state index contributed by atoms with van der Waals surface area (Å²) in [4.78, 5) is 22.4. The Morgan fingerprint density at radius 3 is 2.00 bits per heavy atom. The van der Waals surface area contributed by atoms with Gasteiger partial charge in [0.15, 0.2) is 0 Å². The van der Waals surface area contributed by atoms with Crippen LogP contribution in [0.25, 0.3) is 33.5 Å². The van der Waals surface area contributed by atoms with Crippen LogP contribution in [0.15, 0.2) is 78.9 Å². The quantitative estimate of drug-likeness (QED) is 0.511. The summed E-state index contributed by atoms with van der Waals surface area (Å²) in [5.74, 6) is -0.156. The van der Waals surface area contributed by atoms with Gasteiger partial charge in [0.05, 0.1) is 29.0 Å². The Bertz CT molecular complexity index is 1160. The number of methoxy groups -OCH3 is 1. The Labute approximate surface area is 175 Å². The molecule has 3 aromatic carbocycles. The summed E-state index contributed by atoms with van der Waals surface area (Å²) in [5, 5.41) is 2.93. The van der Waals surface area contributed by atoms with Crippen molar-refractivity contribution in [3.05, 3.63) is 84.4 Å². The lowest BCUT2D eigenvalue weighted by Crippen LogP contribution is -2.35. The van der Waals surface area contributed by atoms with Gasteiger partial charge in [-0.25, -0.2) is 9.97 Å². The molecule has 5 nitrogen and oxygen atoms in total. The summed E-state index contributed by atoms with van der Waals surface area (Å²) < 4.78 is 5.09. The van der Waals surface area contributed by atoms with Gasteiger partial charge in [-0.15, -0.1) is 0 Å². The molecule has 0 bridgehead atoms. The summed E-state index contributed by atoms with van der Waals surface area (Å²) in [7, 11) is 1.61. The third-order valence-electron chi connectivity index (χ3n) is 4.82. The van der Waals surface area contributed by atoms with Gasteiger partial charge in [0.2, 0.25) is 0 Å². The van der Waals surface area contributed by atoms with Gasteiger partial charge < -0.3 is 10.1 Å². The van der Waals surface area contributed by atoms with Crippen molar-refractivity contribution in [2.45, 2.75) is 13.0 Å². The predicted molar refractivity (Wildman–Crippen MR) is 119 cm³/mol. The molecular formula is C25H23N3O2. The SMILES string of the molecule is COC[C@@H](C)NC(=O)c1ccc2nc(-c3ccccc3)c(-c3ccccc3)nc2c1. The Morgan fingerprint density at radius 2 is 1.43 bits per heavy atom. The van der Waals surface area contributed by atoms with E-state index in [1.54, 1.807) is 19.2 Å². The van der Waals surface area contributed by atoms with Gasteiger partial charge in [-0.05, 0) is 25.1 Å². The van der Waals surface area contributed by atoms with Crippen LogP contribution < -0.4 is 5.32 Å². The number of nitrogens with zero attached hydrogens (tertiary/aromatic N) is 2. The van der Waals surface area contributed by atoms with Crippen molar-refractivity contribution in [2.24, 2.45) is 0 Å². The Hall–Kier alpha value is -3.57. The van der Waals surface area contributed by atoms with E-state index in [0.717, 1.165) is 28.0 Å². The van der Waals surface area contributed by atoms with Gasteiger partial charge in [-0.3, -0.25) is 4.79 Å². The van der Waals surface area contributed by atoms with Gasteiger partial charge in [0.25, 0.3) is 5.91 Å². The molecule has 1 atom stereocenters. The molecule has 0 aliphatic carbocycles. The number of carbonyl (C=O) groups excluding carboxylic acids is 1. The number of benzene rings is 3. The molecule has 1 amide bonds. The number of hydrogen-bond donors (Lipinski definition) is 1. The fourth-order valence-electron chi connectivity index (χ4n) is 3.39. The van der Waals surface area contributed by atoms with Crippen LogP contribution in [0.1, 0.15) is 17.3 Å². The molecule has 5 heteroatoms. The number of aromatic nitrogens is 2. The van der Waals surface area contributed by atoms with Crippen molar-refractivity contribution in [3.63, 3.8) is 0 Å². The number of carbonyl (C=O) groups is 1. The molecule has 1 aromatic heterocycles. The van der Waals surface area contributed by atoms with Crippen LogP contribution in [0.2, 0.25) is 0 Å². The first-order valence-corrected chi connectivity index (χ1v) is 9.88. The van der Waals surface area contributed by atoms with E-state index < -0.39 is 0 Å². The number of rotatable bonds is 6. The number of ether oxygens (including phenoxy) is 1. The standard InChI is InChI=1S/C25H23N3O2/c1-17(16-30-2)26-25(29)20-13-14-21-22(15-20)28-24(19-11-7-4-8-12-19)23(27-21)18-9-5-3-6-10-18/h3-15,17H,16H2,1-2H3,(H,26,29)/t17-/m1/s1. The van der Waals surface area contributed by atoms with Crippen LogP contribution in [0.4, 0.5) is 0 Å². The van der Waals surface area contributed by atoms with E-state index in [-0.39, 0.29) is 11.9 Å². The van der Waals surface area contributed by atoms with Crippen LogP contribution in [0, 0.1) is 0 Å². The van der Waals surface area contributed by atoms with Gasteiger partial charge >= 0.3 is 0 Å². The zero-order valence-corrected chi connectivity index (χ0v) is 17.0. The lowest BCUT2D eigenvalue weighted by atomic mass is 10.0. The Morgan fingerprint density at radius 1 is 0.867 bits per heavy atom. The third kappa shape index (κ3) is 4.21. The number of nitrogens with one attached hydrogen (secondary N) is 1. The molecule has 1 N–H and O–H groups in total. The second-order valence-electron chi connectivity index (χ2n) is 7.19. The molecule has 4 rings (SSSR count). The van der Waals surface area contributed by atoms with Crippen molar-refractivity contribution in [3.8, 4) is 22.5 Å². The highest BCUT2D eigenvalue weighted by molar-refractivity contribution is 5.98. The highest BCUT2D eigenvalue weighted by Crippen LogP contribution is 2.31. The van der Waals surface area contributed by atoms with E-state index in [2.05, 4.69) is 5.32 Å². The van der Waals surface area contributed by atoms with Crippen LogP contribution in [0.5, 0.6) is 0 Å². The minimum Gasteiger partial charge on any atom is -0.383 e. The maximum absolute atomic E-state index is 12.6. The Balaban J connectivity index is 1.81. The number of hydrogen-bond acceptors (Lipinski definition) is 4. The molecule has 0 aliphatic heterocycles. The largest absolute Gasteiger partial charge is 0.383 e. The number of fused-ring (bicyclic) bond motifs is 1. The van der Waals surface area contributed by atoms with Crippen LogP contribution in [0.3, 0.4) is 0 Å². The minimum atomic E-state index is -0.156. The van der Waals surface area contributed by atoms with Crippen molar-refractivity contribution < 1.29 is 9.53 Å². The fraction of sp³-hybridized carbons (Fsp3) is 0.160. The summed E-state index contributed by atoms with van der Waals surface area (Å²) >= 11 is 0. The molecule has 30 heavy (non-hydrogen) atoms. The average molecular weight is 397 g/mol. The first-order valence-electron chi connectivity index (χ1n) is 9.88. The molecule has 0 saturated carbocycles. The lowest BCUT2D eigenvalue weighted by molar-refractivity contribution is 0.0905. The monoisotopic (exact) mass is 397 g/mol. The zero-order valence-electron chi connectivity index (χ0n) is 17.0. The molecular weight excluding hydrogens is 374 g/mol. The van der Waals surface area contributed by atoms with Gasteiger partial charge in [0.1, 0.15) is 0 Å². The van der Waals surface area contributed by atoms with E-state index in [4.69, 9.17) is 14.7 Å². The molecule has 0 aliphatic rings. The normalized spacial score (nSPS) is 11.9. The van der Waals surface area contributed by atoms with E-state index in [0.29, 0.717) is 17.7 Å². The zero-order chi connectivity index (χ0) is 20.9. The first-order chi connectivity index (χ1) is 14.7. The smallest absolute Gasteiger partial charge is 0.251 e. The molecule has 4 aromatic rings. The predicted octanol–water partition coefficient (Wildman–Crippen LogP) is 4.73. The molecule has 0 fully saturated rings. The highest BCUT2D eigenvalue weighted by Gasteiger charge is 2.15. The summed E-state index contributed by atoms with van der Waals surface area (Å²) in [5.41, 5.74) is 5.57. The van der Waals surface area contributed by atoms with Crippen molar-refractivity contribution in [1.29, 1.82) is 0 Å². The lowest BCUT2D eigenvalue weighted by Gasteiger charge is -2.14.